The van der Waals surface area contributed by atoms with Gasteiger partial charge in [-0.05, 0) is 62.9 Å². The molecular formula is C28H34FN7O2. The Morgan fingerprint density at radius 2 is 2.00 bits per heavy atom. The molecule has 1 aliphatic heterocycles. The average molecular weight is 520 g/mol. The van der Waals surface area contributed by atoms with Gasteiger partial charge in [-0.3, -0.25) is 14.8 Å². The van der Waals surface area contributed by atoms with Crippen molar-refractivity contribution < 1.29 is 13.9 Å². The number of hydrogen-bond acceptors (Lipinski definition) is 8. The number of nitrogens with two attached hydrogens (primary N) is 3. The fraction of sp³-hybridized carbons (Fsp3) is 0.357. The second-order valence-corrected chi connectivity index (χ2v) is 9.96. The minimum atomic E-state index is -0.602. The van der Waals surface area contributed by atoms with Crippen LogP contribution in [-0.4, -0.2) is 47.9 Å². The van der Waals surface area contributed by atoms with Crippen LogP contribution in [0.25, 0.3) is 0 Å². The van der Waals surface area contributed by atoms with Crippen LogP contribution in [0.5, 0.6) is 5.75 Å². The smallest absolute Gasteiger partial charge is 0.269 e. The maximum atomic E-state index is 14.3. The first-order valence-electron chi connectivity index (χ1n) is 12.5. The highest BCUT2D eigenvalue weighted by Gasteiger charge is 2.26. The molecule has 0 saturated heterocycles. The van der Waals surface area contributed by atoms with Crippen LogP contribution in [0, 0.1) is 11.7 Å². The summed E-state index contributed by atoms with van der Waals surface area (Å²) in [5, 5.41) is 0. The number of rotatable bonds is 4. The molecule has 2 heterocycles. The van der Waals surface area contributed by atoms with Crippen molar-refractivity contribution in [3.8, 4) is 5.75 Å². The number of fused-ring (bicyclic) bond motifs is 3. The zero-order chi connectivity index (χ0) is 27.6. The Morgan fingerprint density at radius 3 is 2.66 bits per heavy atom. The summed E-state index contributed by atoms with van der Waals surface area (Å²) in [7, 11) is 3.27. The fourth-order valence-electron chi connectivity index (χ4n) is 4.17. The van der Waals surface area contributed by atoms with Gasteiger partial charge in [0.15, 0.2) is 11.6 Å². The lowest BCUT2D eigenvalue weighted by Crippen LogP contribution is -2.31. The molecule has 9 nitrogen and oxygen atoms in total. The van der Waals surface area contributed by atoms with Crippen LogP contribution in [0.2, 0.25) is 0 Å². The van der Waals surface area contributed by atoms with E-state index in [-0.39, 0.29) is 23.8 Å². The minimum Gasteiger partial charge on any atom is -0.482 e. The number of benzene rings is 1. The lowest BCUT2D eigenvalue weighted by atomic mass is 9.95. The number of nitrogens with zero attached hydrogens (tertiary/aromatic N) is 4. The van der Waals surface area contributed by atoms with Gasteiger partial charge in [0.1, 0.15) is 17.6 Å². The van der Waals surface area contributed by atoms with Crippen LogP contribution < -0.4 is 21.9 Å². The minimum absolute atomic E-state index is 0.0318. The van der Waals surface area contributed by atoms with Gasteiger partial charge < -0.3 is 26.8 Å². The SMILES string of the molecule is C/C(N)=C/C1=Nc2ccc(F)cc2[C@@H](C)Oc2cc(cnc2N)C(=NCC2CC2)/C(=C(\N)C(=O)N(C)C)C1. The predicted molar refractivity (Wildman–Crippen MR) is 148 cm³/mol. The van der Waals surface area contributed by atoms with E-state index in [1.54, 1.807) is 52.3 Å². The molecular weight excluding hydrogens is 485 g/mol. The van der Waals surface area contributed by atoms with Crippen LogP contribution in [0.1, 0.15) is 50.3 Å². The summed E-state index contributed by atoms with van der Waals surface area (Å²) in [6.45, 7) is 4.11. The van der Waals surface area contributed by atoms with Gasteiger partial charge >= 0.3 is 0 Å². The molecule has 6 N–H and O–H groups in total. The molecule has 0 spiro atoms. The van der Waals surface area contributed by atoms with Crippen molar-refractivity contribution in [1.29, 1.82) is 0 Å². The quantitative estimate of drug-likeness (QED) is 0.524. The third-order valence-corrected chi connectivity index (χ3v) is 6.35. The first kappa shape index (κ1) is 26.8. The normalized spacial score (nSPS) is 20.4. The summed E-state index contributed by atoms with van der Waals surface area (Å²) < 4.78 is 20.5. The number of amides is 1. The van der Waals surface area contributed by atoms with Crippen molar-refractivity contribution in [3.05, 3.63) is 70.4 Å². The molecule has 2 aliphatic rings. The molecule has 4 rings (SSSR count). The summed E-state index contributed by atoms with van der Waals surface area (Å²) >= 11 is 0. The van der Waals surface area contributed by atoms with Crippen LogP contribution in [0.4, 0.5) is 15.9 Å². The Morgan fingerprint density at radius 1 is 1.26 bits per heavy atom. The third kappa shape index (κ3) is 6.19. The molecule has 1 atom stereocenters. The summed E-state index contributed by atoms with van der Waals surface area (Å²) in [5.74, 6) is 0.170. The van der Waals surface area contributed by atoms with E-state index in [1.165, 1.54) is 17.0 Å². The predicted octanol–water partition coefficient (Wildman–Crippen LogP) is 3.78. The summed E-state index contributed by atoms with van der Waals surface area (Å²) in [6.07, 6.45) is 5.05. The Hall–Kier alpha value is -4.21. The van der Waals surface area contributed by atoms with E-state index in [9.17, 15) is 9.18 Å². The number of pyridine rings is 1. The van der Waals surface area contributed by atoms with E-state index in [0.29, 0.717) is 57.7 Å². The molecule has 10 heteroatoms. The molecule has 1 aromatic carbocycles. The van der Waals surface area contributed by atoms with Crippen LogP contribution in [0.3, 0.4) is 0 Å². The number of aromatic nitrogens is 1. The topological polar surface area (TPSA) is 145 Å². The molecule has 1 aromatic heterocycles. The van der Waals surface area contributed by atoms with Gasteiger partial charge in [-0.1, -0.05) is 0 Å². The van der Waals surface area contributed by atoms with Crippen LogP contribution in [-0.2, 0) is 4.79 Å². The van der Waals surface area contributed by atoms with Crippen molar-refractivity contribution in [2.75, 3.05) is 26.4 Å². The van der Waals surface area contributed by atoms with Gasteiger partial charge in [0.05, 0.1) is 11.4 Å². The number of aliphatic imine (C=N–C) groups is 2. The first-order valence-corrected chi connectivity index (χ1v) is 12.5. The number of nitrogen functional groups attached to an aromatic ring is 1. The molecule has 38 heavy (non-hydrogen) atoms. The number of anilines is 1. The highest BCUT2D eigenvalue weighted by atomic mass is 19.1. The maximum absolute atomic E-state index is 14.3. The molecule has 2 aromatic rings. The Balaban J connectivity index is 2.03. The molecule has 1 aliphatic carbocycles. The number of allylic oxidation sites excluding steroid dienone is 3. The van der Waals surface area contributed by atoms with Crippen molar-refractivity contribution in [2.24, 2.45) is 27.4 Å². The lowest BCUT2D eigenvalue weighted by Gasteiger charge is -2.22. The maximum Gasteiger partial charge on any atom is 0.269 e. The number of hydrogen-bond donors (Lipinski definition) is 3. The van der Waals surface area contributed by atoms with Gasteiger partial charge in [-0.15, -0.1) is 0 Å². The monoisotopic (exact) mass is 519 g/mol. The Kier molecular flexibility index (Phi) is 7.80. The second kappa shape index (κ2) is 11.0. The zero-order valence-corrected chi connectivity index (χ0v) is 22.2. The molecule has 0 radical (unpaired) electrons. The lowest BCUT2D eigenvalue weighted by molar-refractivity contribution is -0.124. The second-order valence-electron chi connectivity index (χ2n) is 9.96. The van der Waals surface area contributed by atoms with Gasteiger partial charge in [0, 0.05) is 61.4 Å². The molecule has 2 bridgehead atoms. The first-order chi connectivity index (χ1) is 18.0. The van der Waals surface area contributed by atoms with E-state index < -0.39 is 11.9 Å². The summed E-state index contributed by atoms with van der Waals surface area (Å²) in [4.78, 5) is 28.6. The van der Waals surface area contributed by atoms with Crippen LogP contribution >= 0.6 is 0 Å². The highest BCUT2D eigenvalue weighted by molar-refractivity contribution is 6.19. The van der Waals surface area contributed by atoms with E-state index in [0.717, 1.165) is 12.8 Å². The summed E-state index contributed by atoms with van der Waals surface area (Å²) in [6, 6.07) is 6.02. The number of carbonyl (C=O) groups excluding carboxylic acids is 1. The molecule has 200 valence electrons. The third-order valence-electron chi connectivity index (χ3n) is 6.35. The van der Waals surface area contributed by atoms with Crippen molar-refractivity contribution in [2.45, 2.75) is 39.2 Å². The van der Waals surface area contributed by atoms with Crippen LogP contribution in [0.15, 0.2) is 63.5 Å². The van der Waals surface area contributed by atoms with Gasteiger partial charge in [-0.2, -0.15) is 0 Å². The molecule has 1 amide bonds. The molecule has 0 unspecified atom stereocenters. The standard InChI is InChI=1S/C28H34FN7O2/c1-15(30)9-20-12-22(25(31)28(37)36(3)4)26(33-13-17-5-6-17)18-10-24(27(32)34-14-18)38-16(2)21-11-19(29)7-8-23(21)35-20/h7-11,14,16-17H,5-6,12-13,30-31H2,1-4H3,(H2,32,34)/b15-9-,25-22-,33-26?,35-20?/t16-/m1/s1. The number of ether oxygens (including phenoxy) is 1. The number of likely N-dealkylation sites (N-methyl/N-ethyl adjacent to an activating group) is 1. The van der Waals surface area contributed by atoms with Gasteiger partial charge in [0.25, 0.3) is 5.91 Å². The molecule has 1 saturated carbocycles. The highest BCUT2D eigenvalue weighted by Crippen LogP contribution is 2.35. The van der Waals surface area contributed by atoms with E-state index in [4.69, 9.17) is 31.9 Å². The Bertz CT molecular complexity index is 1370. The van der Waals surface area contributed by atoms with Crippen molar-refractivity contribution in [3.63, 3.8) is 0 Å². The number of carbonyl (C=O) groups is 1. The van der Waals surface area contributed by atoms with E-state index in [2.05, 4.69) is 4.98 Å². The largest absolute Gasteiger partial charge is 0.482 e. The number of halogens is 1. The van der Waals surface area contributed by atoms with Gasteiger partial charge in [-0.25, -0.2) is 9.37 Å². The fourth-order valence-corrected chi connectivity index (χ4v) is 4.17. The van der Waals surface area contributed by atoms with Crippen molar-refractivity contribution in [1.82, 2.24) is 9.88 Å². The zero-order valence-electron chi connectivity index (χ0n) is 22.2. The van der Waals surface area contributed by atoms with E-state index in [1.807, 2.05) is 0 Å². The summed E-state index contributed by atoms with van der Waals surface area (Å²) in [5.41, 5.74) is 22.4. The van der Waals surface area contributed by atoms with Crippen molar-refractivity contribution >= 4 is 28.8 Å². The van der Waals surface area contributed by atoms with Gasteiger partial charge in [0.2, 0.25) is 0 Å². The average Bonchev–Trinajstić information content (AvgIpc) is 3.68. The van der Waals surface area contributed by atoms with E-state index >= 15 is 0 Å². The molecule has 1 fully saturated rings. The Labute approximate surface area is 222 Å².